The molecule has 0 fully saturated rings. The van der Waals surface area contributed by atoms with Crippen LogP contribution in [-0.4, -0.2) is 64.1 Å². The molecule has 0 spiro atoms. The van der Waals surface area contributed by atoms with Crippen molar-refractivity contribution >= 4 is 36.9 Å². The van der Waals surface area contributed by atoms with Gasteiger partial charge in [-0.3, -0.25) is 0 Å². The third kappa shape index (κ3) is 165. The average molecular weight is 156 g/mol. The molecule has 0 amide bonds. The summed E-state index contributed by atoms with van der Waals surface area (Å²) < 4.78 is 8.70. The van der Waals surface area contributed by atoms with Gasteiger partial charge < -0.3 is 21.9 Å². The van der Waals surface area contributed by atoms with Gasteiger partial charge in [-0.25, -0.2) is 0 Å². The topological polar surface area (TPSA) is 173 Å². The second-order valence-corrected chi connectivity index (χ2v) is 0.202. The molecule has 0 aromatic rings. The molecular formula is H10BNaO7. The molecule has 0 saturated heterocycles. The molecule has 9 N–H and O–H groups in total. The summed E-state index contributed by atoms with van der Waals surface area (Å²) in [6.45, 7) is 0. The third-order valence-corrected chi connectivity index (χ3v) is 0.0430. The van der Waals surface area contributed by atoms with E-state index < -0.39 is 0 Å². The van der Waals surface area contributed by atoms with E-state index in [-0.39, 0.29) is 58.8 Å². The third-order valence-electron chi connectivity index (χ3n) is 0.0430. The molecule has 56 valence electrons. The average Bonchev–Trinajstić information content (AvgIpc) is 1.37. The van der Waals surface area contributed by atoms with Gasteiger partial charge in [0.15, 0.2) is 0 Å². The van der Waals surface area contributed by atoms with Gasteiger partial charge in [0, 0.05) is 0 Å². The molecule has 9 heavy (non-hydrogen) atoms. The van der Waals surface area contributed by atoms with Gasteiger partial charge in [-0.2, -0.15) is 0 Å². The van der Waals surface area contributed by atoms with Crippen molar-refractivity contribution in [2.24, 2.45) is 0 Å². The Kier molecular flexibility index (Phi) is 487. The molecule has 0 bridgehead atoms. The fraction of sp³-hybridized carbons (Fsp3) is 0. The summed E-state index contributed by atoms with van der Waals surface area (Å²) in [6.07, 6.45) is 0. The van der Waals surface area contributed by atoms with Gasteiger partial charge in [0.05, 0.1) is 0 Å². The van der Waals surface area contributed by atoms with Crippen molar-refractivity contribution in [3.05, 3.63) is 0 Å². The molecule has 0 rings (SSSR count). The van der Waals surface area contributed by atoms with Crippen LogP contribution >= 0.6 is 0 Å². The number of hydrogen-bond donors (Lipinski definition) is 1. The summed E-state index contributed by atoms with van der Waals surface area (Å²) in [6, 6.07) is 0. The monoisotopic (exact) mass is 156 g/mol. The first kappa shape index (κ1) is 56.5. The molecule has 7 nitrogen and oxygen atoms in total. The molecule has 0 aromatic carbocycles. The van der Waals surface area contributed by atoms with E-state index in [4.69, 9.17) is 9.96 Å². The van der Waals surface area contributed by atoms with Crippen LogP contribution in [0.3, 0.4) is 0 Å². The molecule has 0 aromatic heterocycles. The normalized spacial score (nSPS) is 1.89. The first-order valence-electron chi connectivity index (χ1n) is 0.654. The van der Waals surface area contributed by atoms with Crippen LogP contribution in [0.15, 0.2) is 0 Å². The van der Waals surface area contributed by atoms with Crippen LogP contribution in [0, 0.1) is 0 Å². The zero-order chi connectivity index (χ0) is 3.41. The number of rotatable bonds is 1. The molecule has 0 atom stereocenters. The summed E-state index contributed by atoms with van der Waals surface area (Å²) in [4.78, 5) is 2.86. The standard InChI is InChI=1S/BHO3.Na.4H2O.H/c2-1-4-3;;;;;;/h3H;;4*1H2;. The van der Waals surface area contributed by atoms with Gasteiger partial charge in [0.25, 0.3) is 0 Å². The van der Waals surface area contributed by atoms with Crippen LogP contribution in [0.1, 0.15) is 0 Å². The maximum atomic E-state index is 8.70. The summed E-state index contributed by atoms with van der Waals surface area (Å²) in [5, 5.41) is 7.01. The second-order valence-electron chi connectivity index (χ2n) is 0.202. The van der Waals surface area contributed by atoms with Crippen molar-refractivity contribution < 1.29 is 36.7 Å². The van der Waals surface area contributed by atoms with E-state index in [0.717, 1.165) is 0 Å². The van der Waals surface area contributed by atoms with E-state index in [2.05, 4.69) is 4.81 Å². The Morgan fingerprint density at radius 3 is 1.22 bits per heavy atom. The van der Waals surface area contributed by atoms with Crippen LogP contribution in [0.2, 0.25) is 0 Å². The van der Waals surface area contributed by atoms with Gasteiger partial charge in [0.1, 0.15) is 0 Å². The Morgan fingerprint density at radius 2 is 1.22 bits per heavy atom. The van der Waals surface area contributed by atoms with E-state index in [1.165, 1.54) is 0 Å². The van der Waals surface area contributed by atoms with E-state index in [1.807, 2.05) is 0 Å². The van der Waals surface area contributed by atoms with Crippen molar-refractivity contribution in [1.82, 2.24) is 0 Å². The zero-order valence-corrected chi connectivity index (χ0v) is 3.84. The predicted molar refractivity (Wildman–Crippen MR) is 31.8 cm³/mol. The predicted octanol–water partition coefficient (Wildman–Crippen LogP) is -4.51. The van der Waals surface area contributed by atoms with Gasteiger partial charge in [-0.15, -0.1) is 0 Å². The van der Waals surface area contributed by atoms with Gasteiger partial charge >= 0.3 is 51.7 Å². The molecular weight excluding hydrogens is 146 g/mol. The second kappa shape index (κ2) is 77.6. The van der Waals surface area contributed by atoms with E-state index in [0.29, 0.717) is 0 Å². The van der Waals surface area contributed by atoms with E-state index in [1.54, 1.807) is 0 Å². The molecule has 0 unspecified atom stereocenters. The van der Waals surface area contributed by atoms with Crippen LogP contribution in [0.5, 0.6) is 0 Å². The fourth-order valence-corrected chi connectivity index (χ4v) is 0. The van der Waals surface area contributed by atoms with E-state index in [9.17, 15) is 0 Å². The summed E-state index contributed by atoms with van der Waals surface area (Å²) in [5.74, 6) is 0. The van der Waals surface area contributed by atoms with Crippen LogP contribution in [0.25, 0.3) is 0 Å². The van der Waals surface area contributed by atoms with Crippen LogP contribution in [0.4, 0.5) is 0 Å². The van der Waals surface area contributed by atoms with Gasteiger partial charge in [0.2, 0.25) is 0 Å². The first-order chi connectivity index (χ1) is 1.91. The molecule has 0 aliphatic carbocycles. The molecule has 0 saturated carbocycles. The van der Waals surface area contributed by atoms with Crippen molar-refractivity contribution in [1.29, 1.82) is 0 Å². The summed E-state index contributed by atoms with van der Waals surface area (Å²) >= 11 is 0. The maximum absolute atomic E-state index is 8.70. The quantitative estimate of drug-likeness (QED) is 0.229. The van der Waals surface area contributed by atoms with Gasteiger partial charge in [-0.1, -0.05) is 0 Å². The Balaban J connectivity index is -0.00000000450. The van der Waals surface area contributed by atoms with Crippen LogP contribution < -0.4 is 0 Å². The molecule has 0 aliphatic heterocycles. The SMILES string of the molecule is O.O.O.O.O=BOO.[NaH]. The summed E-state index contributed by atoms with van der Waals surface area (Å²) in [5.41, 5.74) is 0. The Hall–Kier alpha value is 0.465. The van der Waals surface area contributed by atoms with Crippen molar-refractivity contribution in [3.8, 4) is 0 Å². The fourth-order valence-electron chi connectivity index (χ4n) is 0. The van der Waals surface area contributed by atoms with Crippen LogP contribution in [-0.2, 0) is 9.51 Å². The summed E-state index contributed by atoms with van der Waals surface area (Å²) in [7, 11) is -0.0694. The van der Waals surface area contributed by atoms with Crippen molar-refractivity contribution in [3.63, 3.8) is 0 Å². The zero-order valence-electron chi connectivity index (χ0n) is 3.84. The van der Waals surface area contributed by atoms with Crippen molar-refractivity contribution in [2.75, 3.05) is 0 Å². The number of hydrogen-bond acceptors (Lipinski definition) is 3. The Morgan fingerprint density at radius 1 is 1.11 bits per heavy atom. The first-order valence-corrected chi connectivity index (χ1v) is 0.654. The Labute approximate surface area is 73.7 Å². The molecule has 0 radical (unpaired) electrons. The minimum absolute atomic E-state index is 0. The Bertz CT molecular complexity index is 22.9. The minimum atomic E-state index is -0.0694. The van der Waals surface area contributed by atoms with Crippen molar-refractivity contribution in [2.45, 2.75) is 0 Å². The van der Waals surface area contributed by atoms with E-state index >= 15 is 0 Å². The van der Waals surface area contributed by atoms with Gasteiger partial charge in [-0.05, 0) is 0 Å². The molecule has 9 heteroatoms. The molecule has 0 heterocycles. The molecule has 0 aliphatic rings.